The van der Waals surface area contributed by atoms with Crippen LogP contribution < -0.4 is 14.8 Å². The standard InChI is InChI=1S/C19H16INO3/c1-23-17-11-13(10-15(20)18(17)24-2)19(22)21-16-9-5-7-12-6-3-4-8-14(12)16/h3-11H,1-2H3,(H,21,22). The molecule has 0 aromatic heterocycles. The van der Waals surface area contributed by atoms with Crippen molar-refractivity contribution in [3.05, 3.63) is 63.7 Å². The number of ether oxygens (including phenoxy) is 2. The minimum absolute atomic E-state index is 0.190. The van der Waals surface area contributed by atoms with Gasteiger partial charge in [0, 0.05) is 16.6 Å². The molecule has 3 aromatic carbocycles. The molecule has 24 heavy (non-hydrogen) atoms. The van der Waals surface area contributed by atoms with E-state index >= 15 is 0 Å². The van der Waals surface area contributed by atoms with Crippen LogP contribution in [0.3, 0.4) is 0 Å². The molecule has 5 heteroatoms. The third-order valence-corrected chi connectivity index (χ3v) is 4.53. The third kappa shape index (κ3) is 3.17. The topological polar surface area (TPSA) is 47.6 Å². The van der Waals surface area contributed by atoms with Crippen molar-refractivity contribution in [3.8, 4) is 11.5 Å². The summed E-state index contributed by atoms with van der Waals surface area (Å²) in [7, 11) is 3.14. The molecule has 1 N–H and O–H groups in total. The highest BCUT2D eigenvalue weighted by molar-refractivity contribution is 14.1. The SMILES string of the molecule is COc1cc(C(=O)Nc2cccc3ccccc23)cc(I)c1OC. The van der Waals surface area contributed by atoms with Gasteiger partial charge < -0.3 is 14.8 Å². The van der Waals surface area contributed by atoms with Gasteiger partial charge in [-0.15, -0.1) is 0 Å². The number of anilines is 1. The number of nitrogens with one attached hydrogen (secondary N) is 1. The molecule has 0 atom stereocenters. The molecular weight excluding hydrogens is 417 g/mol. The van der Waals surface area contributed by atoms with Crippen LogP contribution in [0, 0.1) is 3.57 Å². The molecule has 0 aliphatic carbocycles. The molecule has 122 valence electrons. The zero-order valence-corrected chi connectivity index (χ0v) is 15.5. The van der Waals surface area contributed by atoms with E-state index in [9.17, 15) is 4.79 Å². The molecule has 0 heterocycles. The number of rotatable bonds is 4. The van der Waals surface area contributed by atoms with Gasteiger partial charge in [0.15, 0.2) is 11.5 Å². The molecule has 0 aliphatic rings. The largest absolute Gasteiger partial charge is 0.493 e. The van der Waals surface area contributed by atoms with Crippen LogP contribution >= 0.6 is 22.6 Å². The van der Waals surface area contributed by atoms with Gasteiger partial charge in [0.2, 0.25) is 0 Å². The van der Waals surface area contributed by atoms with Gasteiger partial charge >= 0.3 is 0 Å². The molecular formula is C19H16INO3. The van der Waals surface area contributed by atoms with E-state index in [2.05, 4.69) is 27.9 Å². The molecule has 0 bridgehead atoms. The first kappa shape index (κ1) is 16.6. The predicted molar refractivity (Wildman–Crippen MR) is 104 cm³/mol. The molecule has 0 saturated carbocycles. The van der Waals surface area contributed by atoms with Crippen molar-refractivity contribution >= 4 is 45.0 Å². The lowest BCUT2D eigenvalue weighted by atomic mass is 10.1. The zero-order chi connectivity index (χ0) is 17.1. The highest BCUT2D eigenvalue weighted by Crippen LogP contribution is 2.34. The second kappa shape index (κ2) is 7.09. The van der Waals surface area contributed by atoms with Gasteiger partial charge in [-0.3, -0.25) is 4.79 Å². The van der Waals surface area contributed by atoms with Crippen molar-refractivity contribution in [2.24, 2.45) is 0 Å². The minimum atomic E-state index is -0.190. The summed E-state index contributed by atoms with van der Waals surface area (Å²) in [6, 6.07) is 17.2. The van der Waals surface area contributed by atoms with E-state index in [0.717, 1.165) is 20.0 Å². The molecule has 0 spiro atoms. The van der Waals surface area contributed by atoms with E-state index < -0.39 is 0 Å². The maximum absolute atomic E-state index is 12.7. The normalized spacial score (nSPS) is 10.5. The fourth-order valence-electron chi connectivity index (χ4n) is 2.58. The Morgan fingerprint density at radius 3 is 2.50 bits per heavy atom. The summed E-state index contributed by atoms with van der Waals surface area (Å²) in [6.07, 6.45) is 0. The highest BCUT2D eigenvalue weighted by Gasteiger charge is 2.15. The van der Waals surface area contributed by atoms with Crippen LogP contribution in [-0.4, -0.2) is 20.1 Å². The molecule has 1 amide bonds. The summed E-state index contributed by atoms with van der Waals surface area (Å²) in [5.74, 6) is 0.970. The second-order valence-electron chi connectivity index (χ2n) is 5.17. The number of methoxy groups -OCH3 is 2. The van der Waals surface area contributed by atoms with Crippen LogP contribution in [0.5, 0.6) is 11.5 Å². The quantitative estimate of drug-likeness (QED) is 0.607. The van der Waals surface area contributed by atoms with E-state index in [-0.39, 0.29) is 5.91 Å². The molecule has 4 nitrogen and oxygen atoms in total. The van der Waals surface area contributed by atoms with Crippen LogP contribution in [0.2, 0.25) is 0 Å². The smallest absolute Gasteiger partial charge is 0.255 e. The first-order valence-electron chi connectivity index (χ1n) is 7.34. The Morgan fingerprint density at radius 2 is 1.75 bits per heavy atom. The van der Waals surface area contributed by atoms with Crippen molar-refractivity contribution < 1.29 is 14.3 Å². The van der Waals surface area contributed by atoms with Crippen molar-refractivity contribution in [1.82, 2.24) is 0 Å². The number of carbonyl (C=O) groups is 1. The van der Waals surface area contributed by atoms with E-state index in [0.29, 0.717) is 17.1 Å². The molecule has 0 saturated heterocycles. The Hall–Kier alpha value is -2.28. The summed E-state index contributed by atoms with van der Waals surface area (Å²) in [4.78, 5) is 12.7. The summed E-state index contributed by atoms with van der Waals surface area (Å²) in [5, 5.41) is 5.06. The molecule has 3 rings (SSSR count). The lowest BCUT2D eigenvalue weighted by Gasteiger charge is -2.13. The van der Waals surface area contributed by atoms with Gasteiger partial charge in [-0.2, -0.15) is 0 Å². The maximum Gasteiger partial charge on any atom is 0.255 e. The maximum atomic E-state index is 12.7. The van der Waals surface area contributed by atoms with Gasteiger partial charge in [-0.1, -0.05) is 36.4 Å². The van der Waals surface area contributed by atoms with Gasteiger partial charge in [0.05, 0.1) is 17.8 Å². The Bertz CT molecular complexity index is 903. The first-order valence-corrected chi connectivity index (χ1v) is 8.42. The Labute approximate surface area is 153 Å². The van der Waals surface area contributed by atoms with Crippen molar-refractivity contribution in [1.29, 1.82) is 0 Å². The molecule has 3 aromatic rings. The predicted octanol–water partition coefficient (Wildman–Crippen LogP) is 4.71. The minimum Gasteiger partial charge on any atom is -0.493 e. The molecule has 0 unspecified atom stereocenters. The monoisotopic (exact) mass is 433 g/mol. The highest BCUT2D eigenvalue weighted by atomic mass is 127. The fourth-order valence-corrected chi connectivity index (χ4v) is 3.40. The van der Waals surface area contributed by atoms with Crippen molar-refractivity contribution in [2.75, 3.05) is 19.5 Å². The lowest BCUT2D eigenvalue weighted by Crippen LogP contribution is -2.13. The Balaban J connectivity index is 1.96. The molecule has 0 radical (unpaired) electrons. The van der Waals surface area contributed by atoms with Crippen LogP contribution in [-0.2, 0) is 0 Å². The van der Waals surface area contributed by atoms with E-state index in [1.54, 1.807) is 26.4 Å². The number of fused-ring (bicyclic) bond motifs is 1. The summed E-state index contributed by atoms with van der Waals surface area (Å²) in [6.45, 7) is 0. The van der Waals surface area contributed by atoms with Crippen molar-refractivity contribution in [3.63, 3.8) is 0 Å². The van der Waals surface area contributed by atoms with Crippen LogP contribution in [0.15, 0.2) is 54.6 Å². The molecule has 0 fully saturated rings. The number of carbonyl (C=O) groups excluding carboxylic acids is 1. The van der Waals surface area contributed by atoms with Crippen LogP contribution in [0.25, 0.3) is 10.8 Å². The first-order chi connectivity index (χ1) is 11.6. The van der Waals surface area contributed by atoms with Gasteiger partial charge in [-0.25, -0.2) is 0 Å². The number of amides is 1. The summed E-state index contributed by atoms with van der Waals surface area (Å²) < 4.78 is 11.4. The average molecular weight is 433 g/mol. The average Bonchev–Trinajstić information content (AvgIpc) is 2.61. The van der Waals surface area contributed by atoms with E-state index in [1.165, 1.54) is 0 Å². The molecule has 0 aliphatic heterocycles. The number of hydrogen-bond acceptors (Lipinski definition) is 3. The number of benzene rings is 3. The Morgan fingerprint density at radius 1 is 1.00 bits per heavy atom. The second-order valence-corrected chi connectivity index (χ2v) is 6.34. The van der Waals surface area contributed by atoms with E-state index in [4.69, 9.17) is 9.47 Å². The van der Waals surface area contributed by atoms with E-state index in [1.807, 2.05) is 42.5 Å². The van der Waals surface area contributed by atoms with Crippen molar-refractivity contribution in [2.45, 2.75) is 0 Å². The fraction of sp³-hybridized carbons (Fsp3) is 0.105. The lowest BCUT2D eigenvalue weighted by molar-refractivity contribution is 0.102. The van der Waals surface area contributed by atoms with Gasteiger partial charge in [0.1, 0.15) is 0 Å². The summed E-state index contributed by atoms with van der Waals surface area (Å²) in [5.41, 5.74) is 1.30. The van der Waals surface area contributed by atoms with Gasteiger partial charge in [0.25, 0.3) is 5.91 Å². The van der Waals surface area contributed by atoms with Crippen LogP contribution in [0.4, 0.5) is 5.69 Å². The number of hydrogen-bond donors (Lipinski definition) is 1. The Kier molecular flexibility index (Phi) is 4.89. The zero-order valence-electron chi connectivity index (χ0n) is 13.3. The third-order valence-electron chi connectivity index (χ3n) is 3.73. The van der Waals surface area contributed by atoms with Gasteiger partial charge in [-0.05, 0) is 46.2 Å². The number of halogens is 1. The summed E-state index contributed by atoms with van der Waals surface area (Å²) >= 11 is 2.13. The van der Waals surface area contributed by atoms with Crippen LogP contribution in [0.1, 0.15) is 10.4 Å².